The fraction of sp³-hybridized carbons (Fsp3) is 0.286. The maximum absolute atomic E-state index is 8.66. The fourth-order valence-corrected chi connectivity index (χ4v) is 1.50. The zero-order valence-electron chi connectivity index (χ0n) is 5.79. The molecule has 0 aliphatic carbocycles. The topological polar surface area (TPSA) is 40.5 Å². The highest BCUT2D eigenvalue weighted by Crippen LogP contribution is 2.12. The molecule has 3 heteroatoms. The van der Waals surface area contributed by atoms with Gasteiger partial charge >= 0.3 is 0 Å². The van der Waals surface area contributed by atoms with Crippen molar-refractivity contribution in [1.29, 1.82) is 0 Å². The highest BCUT2D eigenvalue weighted by molar-refractivity contribution is 8.15. The molecule has 0 fully saturated rings. The summed E-state index contributed by atoms with van der Waals surface area (Å²) >= 11 is 0. The van der Waals surface area contributed by atoms with Crippen LogP contribution in [-0.2, 0) is 0 Å². The molecule has 0 rings (SSSR count). The van der Waals surface area contributed by atoms with Crippen LogP contribution in [0.3, 0.4) is 0 Å². The monoisotopic (exact) mass is 160 g/mol. The Morgan fingerprint density at radius 2 is 1.60 bits per heavy atom. The first-order chi connectivity index (χ1) is 4.72. The van der Waals surface area contributed by atoms with E-state index in [0.29, 0.717) is 11.5 Å². The number of hydrogen-bond donors (Lipinski definition) is 2. The van der Waals surface area contributed by atoms with Crippen LogP contribution < -0.4 is 0 Å². The van der Waals surface area contributed by atoms with Crippen LogP contribution in [0.1, 0.15) is 0 Å². The Morgan fingerprint density at radius 3 is 1.80 bits per heavy atom. The largest absolute Gasteiger partial charge is 0.337 e. The Labute approximate surface area is 63.4 Å². The first-order valence-electron chi connectivity index (χ1n) is 2.86. The second kappa shape index (κ2) is 5.41. The van der Waals surface area contributed by atoms with Crippen LogP contribution in [0, 0.1) is 0 Å². The summed E-state index contributed by atoms with van der Waals surface area (Å²) in [6.45, 7) is 7.00. The molecule has 58 valence electrons. The van der Waals surface area contributed by atoms with Crippen molar-refractivity contribution in [3.63, 3.8) is 0 Å². The minimum atomic E-state index is -0.500. The molecular weight excluding hydrogens is 148 g/mol. The van der Waals surface area contributed by atoms with Crippen molar-refractivity contribution >= 4 is 15.7 Å². The van der Waals surface area contributed by atoms with Gasteiger partial charge < -0.3 is 10.2 Å². The van der Waals surface area contributed by atoms with E-state index in [-0.39, 0.29) is 0 Å². The quantitative estimate of drug-likeness (QED) is 0.486. The molecule has 0 aromatic rings. The SMILES string of the molecule is C=CCS(CC=C)=C(O)O. The summed E-state index contributed by atoms with van der Waals surface area (Å²) in [5, 5.41) is 16.8. The first-order valence-corrected chi connectivity index (χ1v) is 4.42. The Hall–Kier alpha value is -0.380. The minimum Gasteiger partial charge on any atom is -0.337 e. The second-order valence-electron chi connectivity index (χ2n) is 1.69. The van der Waals surface area contributed by atoms with E-state index in [2.05, 4.69) is 13.2 Å². The van der Waals surface area contributed by atoms with Gasteiger partial charge in [-0.3, -0.25) is 0 Å². The lowest BCUT2D eigenvalue weighted by atomic mass is 10.8. The van der Waals surface area contributed by atoms with Crippen molar-refractivity contribution in [2.75, 3.05) is 11.5 Å². The standard InChI is InChI=1S/C7H12O2S/c1-3-5-10(6-4-2)7(8)9/h3-4,8-9H,1-2,5-6H2. The molecule has 2 nitrogen and oxygen atoms in total. The molecule has 0 atom stereocenters. The normalized spacial score (nSPS) is 9.50. The summed E-state index contributed by atoms with van der Waals surface area (Å²) in [6.07, 6.45) is 3.33. The molecule has 2 N–H and O–H groups in total. The highest BCUT2D eigenvalue weighted by atomic mass is 32.2. The average molecular weight is 160 g/mol. The summed E-state index contributed by atoms with van der Waals surface area (Å²) in [5.41, 5.74) is 0. The summed E-state index contributed by atoms with van der Waals surface area (Å²) in [7, 11) is -0.485. The molecule has 0 amide bonds. The average Bonchev–Trinajstić information content (AvgIpc) is 1.87. The van der Waals surface area contributed by atoms with E-state index in [9.17, 15) is 0 Å². The lowest BCUT2D eigenvalue weighted by Crippen LogP contribution is -1.97. The molecule has 0 aliphatic rings. The van der Waals surface area contributed by atoms with Gasteiger partial charge in [-0.15, -0.1) is 23.6 Å². The van der Waals surface area contributed by atoms with Crippen molar-refractivity contribution in [2.45, 2.75) is 0 Å². The summed E-state index contributed by atoms with van der Waals surface area (Å²) in [6, 6.07) is 0. The molecule has 0 saturated heterocycles. The number of hydrogen-bond acceptors (Lipinski definition) is 0. The lowest BCUT2D eigenvalue weighted by Gasteiger charge is -2.01. The van der Waals surface area contributed by atoms with E-state index in [0.717, 1.165) is 0 Å². The predicted molar refractivity (Wildman–Crippen MR) is 48.0 cm³/mol. The van der Waals surface area contributed by atoms with Gasteiger partial charge in [0.25, 0.3) is 0 Å². The van der Waals surface area contributed by atoms with Crippen LogP contribution in [-0.4, -0.2) is 27.0 Å². The van der Waals surface area contributed by atoms with Gasteiger partial charge in [-0.2, -0.15) is 0 Å². The summed E-state index contributed by atoms with van der Waals surface area (Å²) in [4.78, 5) is 0. The zero-order chi connectivity index (χ0) is 7.98. The molecule has 0 aromatic carbocycles. The number of rotatable bonds is 4. The molecule has 0 aliphatic heterocycles. The molecule has 0 heterocycles. The molecule has 0 saturated carbocycles. The highest BCUT2D eigenvalue weighted by Gasteiger charge is 1.94. The Bertz CT molecular complexity index is 145. The summed E-state index contributed by atoms with van der Waals surface area (Å²) in [5.74, 6) is 1.21. The van der Waals surface area contributed by atoms with Gasteiger partial charge in [0, 0.05) is 11.5 Å². The lowest BCUT2D eigenvalue weighted by molar-refractivity contribution is 0.385. The van der Waals surface area contributed by atoms with Gasteiger partial charge in [0.1, 0.15) is 0 Å². The predicted octanol–water partition coefficient (Wildman–Crippen LogP) is 1.83. The third kappa shape index (κ3) is 3.61. The van der Waals surface area contributed by atoms with Crippen molar-refractivity contribution in [3.05, 3.63) is 25.3 Å². The molecule has 0 unspecified atom stereocenters. The van der Waals surface area contributed by atoms with Crippen LogP contribution in [0.5, 0.6) is 0 Å². The van der Waals surface area contributed by atoms with Crippen molar-refractivity contribution in [1.82, 2.24) is 0 Å². The minimum absolute atomic E-state index is 0.485. The van der Waals surface area contributed by atoms with E-state index >= 15 is 0 Å². The number of aliphatic hydroxyl groups excluding tert-OH is 1. The van der Waals surface area contributed by atoms with Crippen molar-refractivity contribution in [3.8, 4) is 0 Å². The third-order valence-corrected chi connectivity index (χ3v) is 2.69. The third-order valence-electron chi connectivity index (χ3n) is 0.896. The Kier molecular flexibility index (Phi) is 5.20. The van der Waals surface area contributed by atoms with Gasteiger partial charge in [0.05, 0.1) is 0 Å². The maximum Gasteiger partial charge on any atom is 0.205 e. The van der Waals surface area contributed by atoms with Crippen LogP contribution in [0.25, 0.3) is 0 Å². The van der Waals surface area contributed by atoms with Gasteiger partial charge in [0.2, 0.25) is 5.24 Å². The van der Waals surface area contributed by atoms with E-state index in [1.165, 1.54) is 0 Å². The van der Waals surface area contributed by atoms with Crippen molar-refractivity contribution in [2.24, 2.45) is 0 Å². The molecular formula is C7H12O2S. The van der Waals surface area contributed by atoms with E-state index in [1.807, 2.05) is 0 Å². The van der Waals surface area contributed by atoms with Gasteiger partial charge in [-0.25, -0.2) is 0 Å². The second-order valence-corrected chi connectivity index (χ2v) is 3.70. The van der Waals surface area contributed by atoms with Crippen LogP contribution in [0.4, 0.5) is 0 Å². The van der Waals surface area contributed by atoms with Crippen LogP contribution in [0.15, 0.2) is 25.3 Å². The summed E-state index contributed by atoms with van der Waals surface area (Å²) < 4.78 is 0. The zero-order valence-corrected chi connectivity index (χ0v) is 6.60. The van der Waals surface area contributed by atoms with Crippen LogP contribution in [0.2, 0.25) is 0 Å². The van der Waals surface area contributed by atoms with Gasteiger partial charge in [0.15, 0.2) is 0 Å². The molecule has 0 spiro atoms. The maximum atomic E-state index is 8.66. The molecule has 0 radical (unpaired) electrons. The fourth-order valence-electron chi connectivity index (χ4n) is 0.502. The smallest absolute Gasteiger partial charge is 0.205 e. The van der Waals surface area contributed by atoms with E-state index in [1.54, 1.807) is 12.2 Å². The van der Waals surface area contributed by atoms with E-state index in [4.69, 9.17) is 10.2 Å². The molecule has 0 bridgehead atoms. The number of aliphatic hydroxyl groups is 2. The van der Waals surface area contributed by atoms with Gasteiger partial charge in [-0.1, -0.05) is 12.2 Å². The molecule has 10 heavy (non-hydrogen) atoms. The Balaban J connectivity index is 4.10. The Morgan fingerprint density at radius 1 is 1.20 bits per heavy atom. The van der Waals surface area contributed by atoms with E-state index < -0.39 is 15.7 Å². The first kappa shape index (κ1) is 9.62. The van der Waals surface area contributed by atoms with Crippen LogP contribution >= 0.6 is 10.5 Å². The van der Waals surface area contributed by atoms with Crippen molar-refractivity contribution < 1.29 is 10.2 Å². The molecule has 0 aromatic heterocycles. The van der Waals surface area contributed by atoms with Gasteiger partial charge in [-0.05, 0) is 0 Å².